The van der Waals surface area contributed by atoms with Crippen LogP contribution < -0.4 is 20.7 Å². The molecular weight excluding hydrogens is 560 g/mol. The van der Waals surface area contributed by atoms with Crippen molar-refractivity contribution in [1.29, 1.82) is 0 Å². The lowest BCUT2D eigenvalue weighted by molar-refractivity contribution is -0.149. The first-order valence-corrected chi connectivity index (χ1v) is 14.6. The van der Waals surface area contributed by atoms with Crippen molar-refractivity contribution in [3.05, 3.63) is 36.7 Å². The number of fused-ring (bicyclic) bond motifs is 1. The Labute approximate surface area is 236 Å². The Kier molecular flexibility index (Phi) is 9.14. The number of hydrogen-bond acceptors (Lipinski definition) is 12. The molecule has 1 aliphatic rings. The summed E-state index contributed by atoms with van der Waals surface area (Å²) in [4.78, 5) is 24.9. The first-order chi connectivity index (χ1) is 19.4. The van der Waals surface area contributed by atoms with Gasteiger partial charge < -0.3 is 30.2 Å². The summed E-state index contributed by atoms with van der Waals surface area (Å²) >= 11 is 0. The zero-order chi connectivity index (χ0) is 29.9. The number of rotatable bonds is 12. The fourth-order valence-corrected chi connectivity index (χ4v) is 5.92. The number of alkyl halides is 1. The number of nitrogens with zero attached hydrogens (tertiary/aromatic N) is 4. The molecule has 1 aromatic carbocycles. The number of esters is 1. The molecule has 0 amide bonds. The van der Waals surface area contributed by atoms with Gasteiger partial charge >= 0.3 is 13.7 Å². The maximum absolute atomic E-state index is 15.7. The van der Waals surface area contributed by atoms with Crippen LogP contribution in [0.4, 0.5) is 16.2 Å². The summed E-state index contributed by atoms with van der Waals surface area (Å²) in [6.07, 6.45) is -4.07. The van der Waals surface area contributed by atoms with E-state index in [4.69, 9.17) is 24.3 Å². The molecule has 2 aromatic heterocycles. The smallest absolute Gasteiger partial charge is 0.459 e. The van der Waals surface area contributed by atoms with Gasteiger partial charge in [0.25, 0.3) is 0 Å². The Morgan fingerprint density at radius 2 is 2.00 bits per heavy atom. The molecule has 1 aliphatic heterocycles. The molecule has 3 heterocycles. The van der Waals surface area contributed by atoms with E-state index in [2.05, 4.69) is 25.4 Å². The van der Waals surface area contributed by atoms with Crippen LogP contribution in [0.1, 0.15) is 40.3 Å². The maximum Gasteiger partial charge on any atom is 0.459 e. The standard InChI is InChI=1S/C25H35FN7O7P/c1-6-25(12-37-41(36,40-16-10-8-7-9-11-16)32-15(4)23(35)38-14(2)3)19(34)17(26)22(39-25)33-13-29-18-20(28-5)30-24(27)31-21(18)33/h7-11,13-15,17,19,22,34H,6,12H2,1-5H3,(H,32,36)(H3,27,28,30,31)/t15-,17+,19-,22+,25+,41?/m0/s1. The minimum atomic E-state index is -4.31. The van der Waals surface area contributed by atoms with E-state index in [0.717, 1.165) is 0 Å². The van der Waals surface area contributed by atoms with Crippen molar-refractivity contribution >= 4 is 36.6 Å². The van der Waals surface area contributed by atoms with Gasteiger partial charge in [-0.2, -0.15) is 15.1 Å². The van der Waals surface area contributed by atoms with E-state index in [0.29, 0.717) is 11.3 Å². The van der Waals surface area contributed by atoms with Crippen LogP contribution >= 0.6 is 7.75 Å². The van der Waals surface area contributed by atoms with Crippen molar-refractivity contribution in [3.8, 4) is 5.75 Å². The Morgan fingerprint density at radius 1 is 1.29 bits per heavy atom. The molecule has 16 heteroatoms. The molecule has 3 aromatic rings. The summed E-state index contributed by atoms with van der Waals surface area (Å²) in [5, 5.41) is 16.5. The summed E-state index contributed by atoms with van der Waals surface area (Å²) < 4.78 is 53.6. The van der Waals surface area contributed by atoms with Gasteiger partial charge in [-0.15, -0.1) is 0 Å². The molecule has 0 spiro atoms. The van der Waals surface area contributed by atoms with Crippen LogP contribution in [0, 0.1) is 0 Å². The number of aliphatic hydroxyl groups excluding tert-OH is 1. The van der Waals surface area contributed by atoms with Crippen LogP contribution in [0.15, 0.2) is 36.7 Å². The van der Waals surface area contributed by atoms with Gasteiger partial charge in [-0.05, 0) is 39.3 Å². The second-order valence-corrected chi connectivity index (χ2v) is 11.5. The SMILES string of the molecule is CC[C@]1(COP(=O)(N[C@@H](C)C(=O)OC(C)C)Oc2ccccc2)O[C@@H](n2cnc3c(NC)nc(N)nc32)[C@H](F)[C@@H]1O. The van der Waals surface area contributed by atoms with Gasteiger partial charge in [-0.3, -0.25) is 13.9 Å². The molecule has 0 bridgehead atoms. The molecule has 0 radical (unpaired) electrons. The lowest BCUT2D eigenvalue weighted by Crippen LogP contribution is -2.46. The van der Waals surface area contributed by atoms with Crippen LogP contribution in [-0.4, -0.2) is 74.3 Å². The first-order valence-electron chi connectivity index (χ1n) is 13.1. The molecule has 14 nitrogen and oxygen atoms in total. The summed E-state index contributed by atoms with van der Waals surface area (Å²) in [5.41, 5.74) is 4.67. The average Bonchev–Trinajstić information content (AvgIpc) is 3.46. The van der Waals surface area contributed by atoms with Crippen molar-refractivity contribution in [2.45, 2.75) is 70.4 Å². The molecule has 1 fully saturated rings. The number of para-hydroxylation sites is 1. The average molecular weight is 596 g/mol. The summed E-state index contributed by atoms with van der Waals surface area (Å²) in [6, 6.07) is 7.08. The summed E-state index contributed by atoms with van der Waals surface area (Å²) in [5.74, 6) is -0.228. The van der Waals surface area contributed by atoms with E-state index in [-0.39, 0.29) is 23.8 Å². The second-order valence-electron chi connectivity index (χ2n) is 9.83. The van der Waals surface area contributed by atoms with Crippen LogP contribution in [0.3, 0.4) is 0 Å². The third-order valence-electron chi connectivity index (χ3n) is 6.52. The predicted molar refractivity (Wildman–Crippen MR) is 148 cm³/mol. The van der Waals surface area contributed by atoms with E-state index in [9.17, 15) is 14.5 Å². The van der Waals surface area contributed by atoms with Gasteiger partial charge in [0.05, 0.1) is 19.0 Å². The highest BCUT2D eigenvalue weighted by Crippen LogP contribution is 2.49. The monoisotopic (exact) mass is 595 g/mol. The fraction of sp³-hybridized carbons (Fsp3) is 0.520. The maximum atomic E-state index is 15.7. The van der Waals surface area contributed by atoms with E-state index >= 15 is 4.39 Å². The molecule has 0 aliphatic carbocycles. The van der Waals surface area contributed by atoms with Crippen LogP contribution in [-0.2, 0) is 23.4 Å². The van der Waals surface area contributed by atoms with Gasteiger partial charge in [-0.25, -0.2) is 13.9 Å². The van der Waals surface area contributed by atoms with Crippen molar-refractivity contribution < 1.29 is 37.4 Å². The minimum absolute atomic E-state index is 0.0624. The van der Waals surface area contributed by atoms with E-state index < -0.39 is 56.6 Å². The number of benzene rings is 1. The molecule has 0 saturated carbocycles. The highest BCUT2D eigenvalue weighted by molar-refractivity contribution is 7.52. The fourth-order valence-electron chi connectivity index (χ4n) is 4.37. The van der Waals surface area contributed by atoms with Gasteiger partial charge in [-0.1, -0.05) is 25.1 Å². The Balaban J connectivity index is 1.61. The third-order valence-corrected chi connectivity index (χ3v) is 8.15. The number of carbonyl (C=O) groups is 1. The summed E-state index contributed by atoms with van der Waals surface area (Å²) in [7, 11) is -2.69. The lowest BCUT2D eigenvalue weighted by atomic mass is 9.94. The Bertz CT molecular complexity index is 1410. The van der Waals surface area contributed by atoms with Gasteiger partial charge in [0.15, 0.2) is 29.4 Å². The quantitative estimate of drug-likeness (QED) is 0.177. The highest BCUT2D eigenvalue weighted by Gasteiger charge is 2.56. The van der Waals surface area contributed by atoms with E-state index in [1.54, 1.807) is 58.2 Å². The number of nitrogens with two attached hydrogens (primary N) is 1. The number of aromatic nitrogens is 4. The third kappa shape index (κ3) is 6.44. The molecule has 1 saturated heterocycles. The predicted octanol–water partition coefficient (Wildman–Crippen LogP) is 2.96. The van der Waals surface area contributed by atoms with E-state index in [1.807, 2.05) is 0 Å². The normalized spacial score (nSPS) is 24.7. The number of imidazole rings is 1. The Hall–Kier alpha value is -3.36. The molecule has 41 heavy (non-hydrogen) atoms. The molecule has 224 valence electrons. The molecule has 5 N–H and O–H groups in total. The zero-order valence-corrected chi connectivity index (χ0v) is 24.2. The first kappa shape index (κ1) is 30.6. The number of nitrogens with one attached hydrogen (secondary N) is 2. The zero-order valence-electron chi connectivity index (χ0n) is 23.4. The number of carbonyl (C=O) groups excluding carboxylic acids is 1. The lowest BCUT2D eigenvalue weighted by Gasteiger charge is -2.32. The second kappa shape index (κ2) is 12.2. The molecule has 4 rings (SSSR count). The largest absolute Gasteiger partial charge is 0.462 e. The minimum Gasteiger partial charge on any atom is -0.462 e. The highest BCUT2D eigenvalue weighted by atomic mass is 31.2. The summed E-state index contributed by atoms with van der Waals surface area (Å²) in [6.45, 7) is 5.90. The number of ether oxygens (including phenoxy) is 2. The Morgan fingerprint density at radius 3 is 2.63 bits per heavy atom. The van der Waals surface area contributed by atoms with Gasteiger partial charge in [0.1, 0.15) is 23.5 Å². The van der Waals surface area contributed by atoms with E-state index in [1.165, 1.54) is 17.8 Å². The van der Waals surface area contributed by atoms with Crippen LogP contribution in [0.5, 0.6) is 5.75 Å². The molecule has 6 atom stereocenters. The number of hydrogen-bond donors (Lipinski definition) is 4. The number of halogens is 1. The van der Waals surface area contributed by atoms with Crippen LogP contribution in [0.25, 0.3) is 11.2 Å². The number of nitrogen functional groups attached to an aromatic ring is 1. The molecular formula is C25H35FN7O7P. The topological polar surface area (TPSA) is 185 Å². The van der Waals surface area contributed by atoms with Crippen molar-refractivity contribution in [2.75, 3.05) is 24.7 Å². The van der Waals surface area contributed by atoms with Crippen molar-refractivity contribution in [1.82, 2.24) is 24.6 Å². The van der Waals surface area contributed by atoms with Gasteiger partial charge in [0, 0.05) is 7.05 Å². The number of anilines is 2. The van der Waals surface area contributed by atoms with Crippen LogP contribution in [0.2, 0.25) is 0 Å². The van der Waals surface area contributed by atoms with Crippen molar-refractivity contribution in [2.24, 2.45) is 0 Å². The number of aliphatic hydroxyl groups is 1. The van der Waals surface area contributed by atoms with Crippen molar-refractivity contribution in [3.63, 3.8) is 0 Å². The van der Waals surface area contributed by atoms with Gasteiger partial charge in [0.2, 0.25) is 5.95 Å². The molecule has 1 unspecified atom stereocenters.